The topological polar surface area (TPSA) is 56.5 Å². The first-order chi connectivity index (χ1) is 13.7. The zero-order valence-corrected chi connectivity index (χ0v) is 16.3. The minimum Gasteiger partial charge on any atom is -0.504 e. The van der Waals surface area contributed by atoms with Crippen molar-refractivity contribution in [2.45, 2.75) is 56.6 Å². The van der Waals surface area contributed by atoms with Crippen molar-refractivity contribution in [1.82, 2.24) is 4.90 Å². The molecule has 0 unspecified atom stereocenters. The van der Waals surface area contributed by atoms with Gasteiger partial charge in [0.05, 0.1) is 17.6 Å². The van der Waals surface area contributed by atoms with Crippen molar-refractivity contribution < 1.29 is 9.84 Å². The number of ether oxygens (including phenoxy) is 1. The van der Waals surface area contributed by atoms with Gasteiger partial charge in [-0.3, -0.25) is 4.90 Å². The summed E-state index contributed by atoms with van der Waals surface area (Å²) in [7, 11) is 0. The van der Waals surface area contributed by atoms with Crippen LogP contribution in [0.25, 0.3) is 0 Å². The lowest BCUT2D eigenvalue weighted by Crippen LogP contribution is -2.41. The van der Waals surface area contributed by atoms with Gasteiger partial charge >= 0.3 is 0 Å². The third-order valence-electron chi connectivity index (χ3n) is 6.28. The molecule has 28 heavy (non-hydrogen) atoms. The maximum Gasteiger partial charge on any atom is 0.161 e. The van der Waals surface area contributed by atoms with E-state index in [4.69, 9.17) is 4.74 Å². The summed E-state index contributed by atoms with van der Waals surface area (Å²) in [5.74, 6) is 0.705. The van der Waals surface area contributed by atoms with E-state index in [0.29, 0.717) is 5.75 Å². The Hall–Kier alpha value is -2.51. The summed E-state index contributed by atoms with van der Waals surface area (Å²) in [5.41, 5.74) is 1.78. The zero-order valence-electron chi connectivity index (χ0n) is 16.3. The molecule has 1 aliphatic carbocycles. The number of benzene rings is 2. The van der Waals surface area contributed by atoms with E-state index in [1.54, 1.807) is 6.07 Å². The van der Waals surface area contributed by atoms with Gasteiger partial charge in [-0.05, 0) is 61.8 Å². The van der Waals surface area contributed by atoms with Gasteiger partial charge in [0.2, 0.25) is 0 Å². The fourth-order valence-electron chi connectivity index (χ4n) is 4.49. The SMILES string of the molecule is N#CC1(c2ccc(O)c(OC3CCCC3)c2)CCN(Cc2ccccc2)CC1. The molecule has 2 fully saturated rings. The molecule has 2 aliphatic rings. The van der Waals surface area contributed by atoms with E-state index in [-0.39, 0.29) is 11.9 Å². The summed E-state index contributed by atoms with van der Waals surface area (Å²) in [6.45, 7) is 2.71. The summed E-state index contributed by atoms with van der Waals surface area (Å²) in [6.07, 6.45) is 6.23. The normalized spacial score (nSPS) is 20.0. The maximum atomic E-state index is 10.2. The van der Waals surface area contributed by atoms with E-state index in [9.17, 15) is 10.4 Å². The molecule has 0 spiro atoms. The molecule has 4 heteroatoms. The second-order valence-corrected chi connectivity index (χ2v) is 8.16. The number of piperidine rings is 1. The Morgan fingerprint density at radius 3 is 2.46 bits per heavy atom. The number of rotatable bonds is 5. The van der Waals surface area contributed by atoms with Crippen LogP contribution in [0.15, 0.2) is 48.5 Å². The van der Waals surface area contributed by atoms with E-state index in [0.717, 1.165) is 50.9 Å². The van der Waals surface area contributed by atoms with Gasteiger partial charge in [-0.1, -0.05) is 36.4 Å². The van der Waals surface area contributed by atoms with Crippen LogP contribution in [0.2, 0.25) is 0 Å². The Balaban J connectivity index is 1.47. The average molecular weight is 377 g/mol. The molecule has 0 aromatic heterocycles. The molecular weight excluding hydrogens is 348 g/mol. The van der Waals surface area contributed by atoms with Crippen LogP contribution >= 0.6 is 0 Å². The highest BCUT2D eigenvalue weighted by atomic mass is 16.5. The molecule has 1 N–H and O–H groups in total. The number of phenols is 1. The Morgan fingerprint density at radius 2 is 1.79 bits per heavy atom. The molecule has 1 saturated carbocycles. The minimum atomic E-state index is -0.505. The van der Waals surface area contributed by atoms with Crippen LogP contribution in [-0.4, -0.2) is 29.2 Å². The standard InChI is InChI=1S/C24H28N2O2/c25-18-24(12-14-26(15-13-24)17-19-6-2-1-3-7-19)20-10-11-22(27)23(16-20)28-21-8-4-5-9-21/h1-3,6-7,10-11,16,21,27H,4-5,8-9,12-15,17H2. The van der Waals surface area contributed by atoms with Crippen molar-refractivity contribution >= 4 is 0 Å². The lowest BCUT2D eigenvalue weighted by Gasteiger charge is -2.38. The molecular formula is C24H28N2O2. The van der Waals surface area contributed by atoms with E-state index in [1.807, 2.05) is 18.2 Å². The summed E-state index contributed by atoms with van der Waals surface area (Å²) in [4.78, 5) is 2.42. The predicted octanol–water partition coefficient (Wildman–Crippen LogP) is 4.77. The summed E-state index contributed by atoms with van der Waals surface area (Å²) < 4.78 is 6.06. The van der Waals surface area contributed by atoms with Gasteiger partial charge in [0, 0.05) is 19.6 Å². The molecule has 0 atom stereocenters. The van der Waals surface area contributed by atoms with Gasteiger partial charge in [0.25, 0.3) is 0 Å². The molecule has 0 bridgehead atoms. The van der Waals surface area contributed by atoms with Crippen molar-refractivity contribution in [3.63, 3.8) is 0 Å². The number of hydrogen-bond acceptors (Lipinski definition) is 4. The molecule has 4 rings (SSSR count). The van der Waals surface area contributed by atoms with Crippen molar-refractivity contribution in [3.8, 4) is 17.6 Å². The maximum absolute atomic E-state index is 10.2. The monoisotopic (exact) mass is 376 g/mol. The van der Waals surface area contributed by atoms with Gasteiger partial charge in [0.1, 0.15) is 0 Å². The number of likely N-dealkylation sites (tertiary alicyclic amines) is 1. The van der Waals surface area contributed by atoms with E-state index >= 15 is 0 Å². The van der Waals surface area contributed by atoms with Crippen LogP contribution in [0.4, 0.5) is 0 Å². The van der Waals surface area contributed by atoms with E-state index in [2.05, 4.69) is 35.2 Å². The van der Waals surface area contributed by atoms with Gasteiger partial charge in [-0.2, -0.15) is 5.26 Å². The van der Waals surface area contributed by atoms with Crippen molar-refractivity contribution in [2.24, 2.45) is 0 Å². The van der Waals surface area contributed by atoms with Crippen LogP contribution in [0.3, 0.4) is 0 Å². The zero-order chi connectivity index (χ0) is 19.4. The highest BCUT2D eigenvalue weighted by Crippen LogP contribution is 2.40. The van der Waals surface area contributed by atoms with Gasteiger partial charge in [-0.15, -0.1) is 0 Å². The van der Waals surface area contributed by atoms with Crippen LogP contribution in [0.1, 0.15) is 49.7 Å². The second-order valence-electron chi connectivity index (χ2n) is 8.16. The van der Waals surface area contributed by atoms with Crippen LogP contribution in [0.5, 0.6) is 11.5 Å². The van der Waals surface area contributed by atoms with E-state index in [1.165, 1.54) is 18.4 Å². The molecule has 146 valence electrons. The van der Waals surface area contributed by atoms with Crippen LogP contribution < -0.4 is 4.74 Å². The third kappa shape index (κ3) is 4.00. The van der Waals surface area contributed by atoms with Crippen molar-refractivity contribution in [2.75, 3.05) is 13.1 Å². The third-order valence-corrected chi connectivity index (χ3v) is 6.28. The largest absolute Gasteiger partial charge is 0.504 e. The first-order valence-corrected chi connectivity index (χ1v) is 10.4. The molecule has 1 saturated heterocycles. The highest BCUT2D eigenvalue weighted by Gasteiger charge is 2.37. The molecule has 2 aromatic rings. The minimum absolute atomic E-state index is 0.172. The summed E-state index contributed by atoms with van der Waals surface area (Å²) >= 11 is 0. The quantitative estimate of drug-likeness (QED) is 0.816. The van der Waals surface area contributed by atoms with E-state index < -0.39 is 5.41 Å². The molecule has 4 nitrogen and oxygen atoms in total. The molecule has 1 aliphatic heterocycles. The Labute approximate surface area is 167 Å². The lowest BCUT2D eigenvalue weighted by atomic mass is 9.74. The van der Waals surface area contributed by atoms with Crippen LogP contribution in [0, 0.1) is 11.3 Å². The number of hydrogen-bond donors (Lipinski definition) is 1. The van der Waals surface area contributed by atoms with Gasteiger partial charge in [0.15, 0.2) is 11.5 Å². The smallest absolute Gasteiger partial charge is 0.161 e. The summed E-state index contributed by atoms with van der Waals surface area (Å²) in [5, 5.41) is 20.3. The second kappa shape index (κ2) is 8.24. The number of nitrogens with zero attached hydrogens (tertiary/aromatic N) is 2. The first-order valence-electron chi connectivity index (χ1n) is 10.4. The fraction of sp³-hybridized carbons (Fsp3) is 0.458. The van der Waals surface area contributed by atoms with Crippen molar-refractivity contribution in [3.05, 3.63) is 59.7 Å². The lowest BCUT2D eigenvalue weighted by molar-refractivity contribution is 0.177. The average Bonchev–Trinajstić information content (AvgIpc) is 3.24. The Bertz CT molecular complexity index is 829. The Kier molecular flexibility index (Phi) is 5.54. The Morgan fingerprint density at radius 1 is 1.07 bits per heavy atom. The number of nitriles is 1. The van der Waals surface area contributed by atoms with Crippen LogP contribution in [-0.2, 0) is 12.0 Å². The molecule has 0 radical (unpaired) electrons. The fourth-order valence-corrected chi connectivity index (χ4v) is 4.49. The molecule has 2 aromatic carbocycles. The number of aromatic hydroxyl groups is 1. The molecule has 1 heterocycles. The van der Waals surface area contributed by atoms with Gasteiger partial charge in [-0.25, -0.2) is 0 Å². The first kappa shape index (κ1) is 18.8. The van der Waals surface area contributed by atoms with Gasteiger partial charge < -0.3 is 9.84 Å². The summed E-state index contributed by atoms with van der Waals surface area (Å²) in [6, 6.07) is 18.6. The number of phenolic OH excluding ortho intramolecular Hbond substituents is 1. The highest BCUT2D eigenvalue weighted by molar-refractivity contribution is 5.46. The van der Waals surface area contributed by atoms with Crippen molar-refractivity contribution in [1.29, 1.82) is 5.26 Å². The molecule has 0 amide bonds. The predicted molar refractivity (Wildman–Crippen MR) is 109 cm³/mol.